The lowest BCUT2D eigenvalue weighted by molar-refractivity contribution is -0.319. The van der Waals surface area contributed by atoms with Crippen LogP contribution in [-0.2, 0) is 60.9 Å². The summed E-state index contributed by atoms with van der Waals surface area (Å²) in [6.07, 6.45) is 35.2. The number of methoxy groups -OCH3 is 2. The largest absolute Gasteiger partial charge is 0.472 e. The summed E-state index contributed by atoms with van der Waals surface area (Å²) in [7, 11) is -7.41. The highest BCUT2D eigenvalue weighted by molar-refractivity contribution is 7.46. The summed E-state index contributed by atoms with van der Waals surface area (Å²) in [6, 6.07) is -1.25. The second kappa shape index (κ2) is 53.4. The van der Waals surface area contributed by atoms with E-state index in [1.165, 1.54) is 116 Å². The van der Waals surface area contributed by atoms with E-state index >= 15 is 0 Å². The fourth-order valence-electron chi connectivity index (χ4n) is 11.7. The molecule has 0 aromatic carbocycles. The van der Waals surface area contributed by atoms with E-state index in [-0.39, 0.29) is 44.9 Å². The predicted molar refractivity (Wildman–Crippen MR) is 344 cm³/mol. The van der Waals surface area contributed by atoms with Crippen LogP contribution < -0.4 is 5.32 Å². The van der Waals surface area contributed by atoms with Crippen LogP contribution in [0.15, 0.2) is 12.2 Å². The first-order valence-electron chi connectivity index (χ1n) is 35.0. The molecule has 0 aromatic heterocycles. The molecular formula is C66H129NO18P2. The summed E-state index contributed by atoms with van der Waals surface area (Å²) < 4.78 is 86.1. The molecule has 11 atom stereocenters. The first kappa shape index (κ1) is 82.2. The van der Waals surface area contributed by atoms with Gasteiger partial charge in [0.2, 0.25) is 5.91 Å². The van der Waals surface area contributed by atoms with Crippen LogP contribution in [0.5, 0.6) is 0 Å². The molecule has 6 N–H and O–H groups in total. The zero-order valence-corrected chi connectivity index (χ0v) is 57.3. The number of carbonyl (C=O) groups is 1. The number of amides is 1. The maximum Gasteiger partial charge on any atom is 0.472 e. The molecular weight excluding hydrogens is 1160 g/mol. The minimum absolute atomic E-state index is 0.0521. The number of nitrogens with one attached hydrogen (secondary N) is 1. The number of hydrogen-bond donors (Lipinski definition) is 6. The van der Waals surface area contributed by atoms with Gasteiger partial charge in [-0.3, -0.25) is 13.8 Å². The van der Waals surface area contributed by atoms with E-state index in [9.17, 15) is 38.6 Å². The van der Waals surface area contributed by atoms with Gasteiger partial charge in [-0.1, -0.05) is 239 Å². The maximum atomic E-state index is 14.1. The maximum absolute atomic E-state index is 14.1. The smallest absolute Gasteiger partial charge is 0.387 e. The summed E-state index contributed by atoms with van der Waals surface area (Å²) in [5.41, 5.74) is 0. The molecule has 2 fully saturated rings. The third-order valence-electron chi connectivity index (χ3n) is 16.8. The Hall–Kier alpha value is -0.930. The molecule has 87 heavy (non-hydrogen) atoms. The Morgan fingerprint density at radius 3 is 1.36 bits per heavy atom. The molecule has 21 heteroatoms. The predicted octanol–water partition coefficient (Wildman–Crippen LogP) is 15.3. The Balaban J connectivity index is 2.39. The molecule has 0 bridgehead atoms. The number of allylic oxidation sites excluding steroid dienone is 2. The van der Waals surface area contributed by atoms with Crippen LogP contribution in [0.4, 0.5) is 0 Å². The molecule has 2 rings (SSSR count). The Bertz CT molecular complexity index is 1730. The highest BCUT2D eigenvalue weighted by Gasteiger charge is 2.53. The molecule has 1 amide bonds. The number of aliphatic hydroxyl groups excluding tert-OH is 1. The highest BCUT2D eigenvalue weighted by atomic mass is 31.2. The lowest BCUT2D eigenvalue weighted by Crippen LogP contribution is -2.67. The quantitative estimate of drug-likeness (QED) is 0.0188. The van der Waals surface area contributed by atoms with Crippen molar-refractivity contribution in [2.24, 2.45) is 0 Å². The van der Waals surface area contributed by atoms with Crippen molar-refractivity contribution in [1.29, 1.82) is 0 Å². The fraction of sp³-hybridized carbons (Fsp3) is 0.955. The number of hydrogen-bond acceptors (Lipinski definition) is 14. The second-order valence-electron chi connectivity index (χ2n) is 24.7. The van der Waals surface area contributed by atoms with Gasteiger partial charge in [0.15, 0.2) is 12.6 Å². The fourth-order valence-corrected chi connectivity index (χ4v) is 12.7. The Morgan fingerprint density at radius 2 is 0.885 bits per heavy atom. The van der Waals surface area contributed by atoms with Crippen molar-refractivity contribution in [2.75, 3.05) is 47.3 Å². The standard InChI is InChI=1S/C66H129NO18P2/c1-7-11-15-19-22-25-27-29-30-31-32-34-36-40-44-48-58(68)67-59-62(80-52-49-55(77-6)47-43-39-18-14-10-4)61(84-86(70,71)72)57(53-76-5)83-65(59)81-54-56-60(69)63(78-50-45-41-37-24-21-17-13-9-3)64(66(82-56)85-87(73,74)75)79-51-46-42-38-35-33-28-26-23-20-16-12-8-2/h29-30,55-57,59-66,69H,7-28,31-54H2,1-6H3,(H,67,68)(H2,70,71,72)(H2,73,74,75)/b30-29-/t55-,56-,57-,59-,60-,61-,62-,63+,64-,65-,66+/m1/s1. The van der Waals surface area contributed by atoms with Gasteiger partial charge in [-0.15, -0.1) is 0 Å². The number of rotatable bonds is 60. The molecule has 0 aliphatic carbocycles. The van der Waals surface area contributed by atoms with Crippen molar-refractivity contribution in [1.82, 2.24) is 5.32 Å². The molecule has 0 unspecified atom stereocenters. The van der Waals surface area contributed by atoms with Gasteiger partial charge in [0.05, 0.1) is 19.3 Å². The van der Waals surface area contributed by atoms with Crippen LogP contribution in [0.2, 0.25) is 0 Å². The molecule has 2 saturated heterocycles. The molecule has 2 aliphatic rings. The second-order valence-corrected chi connectivity index (χ2v) is 27.1. The van der Waals surface area contributed by atoms with Gasteiger partial charge < -0.3 is 67.9 Å². The molecule has 2 aliphatic heterocycles. The van der Waals surface area contributed by atoms with Crippen LogP contribution in [0.25, 0.3) is 0 Å². The zero-order chi connectivity index (χ0) is 63.6. The molecule has 0 aromatic rings. The number of phosphoric ester groups is 2. The number of carbonyl (C=O) groups excluding carboxylic acids is 1. The number of ether oxygens (including phenoxy) is 8. The average molecular weight is 1290 g/mol. The van der Waals surface area contributed by atoms with Crippen LogP contribution in [-0.4, -0.2) is 145 Å². The summed E-state index contributed by atoms with van der Waals surface area (Å²) in [5.74, 6) is -0.378. The highest BCUT2D eigenvalue weighted by Crippen LogP contribution is 2.44. The molecule has 2 heterocycles. The van der Waals surface area contributed by atoms with Crippen LogP contribution in [0, 0.1) is 0 Å². The van der Waals surface area contributed by atoms with Crippen molar-refractivity contribution in [3.05, 3.63) is 12.2 Å². The van der Waals surface area contributed by atoms with Gasteiger partial charge in [0.25, 0.3) is 0 Å². The lowest BCUT2D eigenvalue weighted by atomic mass is 9.95. The normalized spacial score (nSPS) is 23.3. The third-order valence-corrected chi connectivity index (χ3v) is 17.8. The van der Waals surface area contributed by atoms with Crippen molar-refractivity contribution in [3.63, 3.8) is 0 Å². The number of phosphoric acid groups is 2. The van der Waals surface area contributed by atoms with Gasteiger partial charge >= 0.3 is 15.6 Å². The van der Waals surface area contributed by atoms with E-state index in [1.807, 2.05) is 0 Å². The van der Waals surface area contributed by atoms with E-state index < -0.39 is 83.6 Å². The van der Waals surface area contributed by atoms with Gasteiger partial charge in [-0.2, -0.15) is 0 Å². The molecule has 0 saturated carbocycles. The van der Waals surface area contributed by atoms with Crippen LogP contribution in [0.3, 0.4) is 0 Å². The van der Waals surface area contributed by atoms with Gasteiger partial charge in [0, 0.05) is 40.5 Å². The Kier molecular flexibility index (Phi) is 50.5. The van der Waals surface area contributed by atoms with Crippen molar-refractivity contribution >= 4 is 21.6 Å². The Morgan fingerprint density at radius 1 is 0.460 bits per heavy atom. The SMILES string of the molecule is CCCCCCCC/C=C\CCCCCCCC(=O)N[C@H]1[C@H](OC[C@H]2O[C@@H](OP(=O)(O)O)[C@H](OCCCCCCCCCCCCCC)[C@@H](OCCCCCCCCCC)[C@@H]2O)O[C@H](COC)[C@@H](OP(=O)(O)O)[C@@H]1OCC[C@@H](CCCCCCC)OC. The molecule has 19 nitrogen and oxygen atoms in total. The van der Waals surface area contributed by atoms with E-state index in [2.05, 4.69) is 45.2 Å². The van der Waals surface area contributed by atoms with Gasteiger partial charge in [-0.25, -0.2) is 9.13 Å². The van der Waals surface area contributed by atoms with Gasteiger partial charge in [0.1, 0.15) is 48.8 Å². The topological polar surface area (TPSA) is 257 Å². The van der Waals surface area contributed by atoms with Crippen molar-refractivity contribution < 1.29 is 85.5 Å². The van der Waals surface area contributed by atoms with Crippen LogP contribution in [0.1, 0.15) is 291 Å². The lowest BCUT2D eigenvalue weighted by Gasteiger charge is -2.47. The van der Waals surface area contributed by atoms with Crippen LogP contribution >= 0.6 is 15.6 Å². The number of aliphatic hydroxyl groups is 1. The minimum Gasteiger partial charge on any atom is -0.387 e. The van der Waals surface area contributed by atoms with Gasteiger partial charge in [-0.05, 0) is 57.8 Å². The minimum atomic E-state index is -5.22. The summed E-state index contributed by atoms with van der Waals surface area (Å²) in [6.45, 7) is 8.58. The van der Waals surface area contributed by atoms with Crippen molar-refractivity contribution in [3.8, 4) is 0 Å². The molecule has 0 spiro atoms. The summed E-state index contributed by atoms with van der Waals surface area (Å²) in [5, 5.41) is 15.3. The van der Waals surface area contributed by atoms with Crippen molar-refractivity contribution in [2.45, 2.75) is 358 Å². The monoisotopic (exact) mass is 1290 g/mol. The zero-order valence-electron chi connectivity index (χ0n) is 55.5. The molecule has 0 radical (unpaired) electrons. The summed E-state index contributed by atoms with van der Waals surface area (Å²) in [4.78, 5) is 55.3. The van der Waals surface area contributed by atoms with E-state index in [0.717, 1.165) is 122 Å². The first-order valence-corrected chi connectivity index (χ1v) is 38.1. The molecule has 516 valence electrons. The van der Waals surface area contributed by atoms with E-state index in [4.69, 9.17) is 46.9 Å². The van der Waals surface area contributed by atoms with E-state index in [1.54, 1.807) is 7.11 Å². The Labute approximate surface area is 528 Å². The third kappa shape index (κ3) is 41.4. The summed E-state index contributed by atoms with van der Waals surface area (Å²) >= 11 is 0. The first-order chi connectivity index (χ1) is 42.1. The average Bonchev–Trinajstić information content (AvgIpc) is 1.46. The number of unbranched alkanes of at least 4 members (excludes halogenated alkanes) is 33. The van der Waals surface area contributed by atoms with E-state index in [0.29, 0.717) is 25.7 Å².